The van der Waals surface area contributed by atoms with Gasteiger partial charge >= 0.3 is 0 Å². The maximum Gasteiger partial charge on any atom is 0.197 e. The van der Waals surface area contributed by atoms with Gasteiger partial charge in [-0.15, -0.1) is 0 Å². The molecule has 3 aromatic carbocycles. The van der Waals surface area contributed by atoms with E-state index >= 15 is 0 Å². The monoisotopic (exact) mass is 493 g/mol. The third-order valence-corrected chi connectivity index (χ3v) is 6.32. The SMILES string of the molecule is O=C1C(=Cc2cn(Cc3c(F)cccc3Cl)c3ccc(Br)cc23)C(=O)c2ccccc21. The van der Waals surface area contributed by atoms with Crippen LogP contribution < -0.4 is 0 Å². The highest BCUT2D eigenvalue weighted by Gasteiger charge is 2.32. The number of ketones is 2. The van der Waals surface area contributed by atoms with Crippen molar-refractivity contribution in [3.63, 3.8) is 0 Å². The number of rotatable bonds is 3. The molecule has 0 spiro atoms. The third kappa shape index (κ3) is 3.34. The number of Topliss-reactive ketones (excluding diaryl/α,β-unsaturated/α-hetero) is 2. The van der Waals surface area contributed by atoms with Crippen LogP contribution in [0.5, 0.6) is 0 Å². The number of benzene rings is 3. The molecule has 0 radical (unpaired) electrons. The first-order chi connectivity index (χ1) is 14.9. The summed E-state index contributed by atoms with van der Waals surface area (Å²) in [5, 5.41) is 1.18. The summed E-state index contributed by atoms with van der Waals surface area (Å²) < 4.78 is 17.1. The molecule has 0 bridgehead atoms. The lowest BCUT2D eigenvalue weighted by Gasteiger charge is -2.08. The van der Waals surface area contributed by atoms with Gasteiger partial charge in [0.1, 0.15) is 5.82 Å². The lowest BCUT2D eigenvalue weighted by atomic mass is 10.1. The van der Waals surface area contributed by atoms with Crippen molar-refractivity contribution in [2.75, 3.05) is 0 Å². The number of carbonyl (C=O) groups is 2. The molecule has 3 nitrogen and oxygen atoms in total. The molecular weight excluding hydrogens is 481 g/mol. The second-order valence-corrected chi connectivity index (χ2v) is 8.66. The Bertz CT molecular complexity index is 1380. The number of nitrogens with zero attached hydrogens (tertiary/aromatic N) is 1. The van der Waals surface area contributed by atoms with Crippen molar-refractivity contribution in [3.8, 4) is 0 Å². The molecule has 0 fully saturated rings. The largest absolute Gasteiger partial charge is 0.342 e. The highest BCUT2D eigenvalue weighted by atomic mass is 79.9. The summed E-state index contributed by atoms with van der Waals surface area (Å²) >= 11 is 9.71. The molecule has 0 amide bonds. The zero-order valence-electron chi connectivity index (χ0n) is 16.0. The van der Waals surface area contributed by atoms with Gasteiger partial charge in [0.2, 0.25) is 0 Å². The van der Waals surface area contributed by atoms with Crippen LogP contribution in [0.3, 0.4) is 0 Å². The van der Waals surface area contributed by atoms with Crippen LogP contribution in [-0.2, 0) is 6.54 Å². The van der Waals surface area contributed by atoms with Gasteiger partial charge in [0, 0.05) is 48.8 Å². The van der Waals surface area contributed by atoms with Gasteiger partial charge in [-0.2, -0.15) is 0 Å². The van der Waals surface area contributed by atoms with E-state index in [0.29, 0.717) is 27.3 Å². The molecule has 1 aliphatic carbocycles. The van der Waals surface area contributed by atoms with Crippen LogP contribution in [0, 0.1) is 5.82 Å². The van der Waals surface area contributed by atoms with Gasteiger partial charge in [-0.05, 0) is 36.4 Å². The van der Waals surface area contributed by atoms with Crippen molar-refractivity contribution >= 4 is 56.1 Å². The summed E-state index contributed by atoms with van der Waals surface area (Å²) in [5.74, 6) is -0.953. The van der Waals surface area contributed by atoms with Crippen LogP contribution in [0.15, 0.2) is 76.9 Å². The lowest BCUT2D eigenvalue weighted by molar-refractivity contribution is 0.0990. The van der Waals surface area contributed by atoms with Gasteiger partial charge in [0.05, 0.1) is 12.1 Å². The third-order valence-electron chi connectivity index (χ3n) is 5.47. The zero-order chi connectivity index (χ0) is 21.7. The smallest absolute Gasteiger partial charge is 0.197 e. The minimum absolute atomic E-state index is 0.129. The average molecular weight is 495 g/mol. The topological polar surface area (TPSA) is 39.1 Å². The highest BCUT2D eigenvalue weighted by Crippen LogP contribution is 2.32. The van der Waals surface area contributed by atoms with Crippen molar-refractivity contribution in [1.82, 2.24) is 4.57 Å². The molecular formula is C25H14BrClFNO2. The molecule has 1 aromatic heterocycles. The summed E-state index contributed by atoms with van der Waals surface area (Å²) in [6.45, 7) is 0.217. The molecule has 31 heavy (non-hydrogen) atoms. The molecule has 1 heterocycles. The van der Waals surface area contributed by atoms with Crippen molar-refractivity contribution < 1.29 is 14.0 Å². The Morgan fingerprint density at radius 3 is 2.35 bits per heavy atom. The quantitative estimate of drug-likeness (QED) is 0.235. The van der Waals surface area contributed by atoms with E-state index in [0.717, 1.165) is 15.4 Å². The van der Waals surface area contributed by atoms with Crippen LogP contribution in [0.4, 0.5) is 4.39 Å². The molecule has 5 rings (SSSR count). The Hall–Kier alpha value is -3.02. The summed E-state index contributed by atoms with van der Waals surface area (Å²) in [4.78, 5) is 25.7. The molecule has 1 aliphatic rings. The van der Waals surface area contributed by atoms with Crippen molar-refractivity contribution in [1.29, 1.82) is 0 Å². The van der Waals surface area contributed by atoms with Gasteiger partial charge in [-0.25, -0.2) is 4.39 Å². The van der Waals surface area contributed by atoms with Crippen molar-refractivity contribution in [3.05, 3.63) is 110 Å². The molecule has 0 saturated carbocycles. The van der Waals surface area contributed by atoms with E-state index < -0.39 is 0 Å². The van der Waals surface area contributed by atoms with E-state index in [2.05, 4.69) is 15.9 Å². The van der Waals surface area contributed by atoms with E-state index in [1.165, 1.54) is 6.07 Å². The Morgan fingerprint density at radius 2 is 1.68 bits per heavy atom. The number of allylic oxidation sites excluding steroid dienone is 1. The molecule has 0 N–H and O–H groups in total. The minimum atomic E-state index is -0.386. The van der Waals surface area contributed by atoms with Crippen LogP contribution in [-0.4, -0.2) is 16.1 Å². The predicted octanol–water partition coefficient (Wildman–Crippen LogP) is 6.71. The zero-order valence-corrected chi connectivity index (χ0v) is 18.4. The molecule has 0 aliphatic heterocycles. The van der Waals surface area contributed by atoms with Gasteiger partial charge in [-0.1, -0.05) is 57.9 Å². The van der Waals surface area contributed by atoms with Crippen LogP contribution in [0.2, 0.25) is 5.02 Å². The normalized spacial score (nSPS) is 13.2. The molecule has 4 aromatic rings. The van der Waals surface area contributed by atoms with Crippen molar-refractivity contribution in [2.45, 2.75) is 6.54 Å². The molecule has 0 unspecified atom stereocenters. The first-order valence-corrected chi connectivity index (χ1v) is 10.7. The highest BCUT2D eigenvalue weighted by molar-refractivity contribution is 9.10. The van der Waals surface area contributed by atoms with Gasteiger partial charge in [0.15, 0.2) is 11.6 Å². The van der Waals surface area contributed by atoms with Gasteiger partial charge in [-0.3, -0.25) is 9.59 Å². The Labute approximate surface area is 190 Å². The van der Waals surface area contributed by atoms with E-state index in [1.54, 1.807) is 42.5 Å². The fourth-order valence-electron chi connectivity index (χ4n) is 3.96. The fourth-order valence-corrected chi connectivity index (χ4v) is 4.54. The van der Waals surface area contributed by atoms with E-state index in [1.807, 2.05) is 29.0 Å². The summed E-state index contributed by atoms with van der Waals surface area (Å²) in [7, 11) is 0. The summed E-state index contributed by atoms with van der Waals surface area (Å²) in [5.41, 5.74) is 2.88. The maximum atomic E-state index is 14.4. The molecule has 0 atom stereocenters. The first-order valence-electron chi connectivity index (χ1n) is 9.55. The molecule has 6 heteroatoms. The number of hydrogen-bond acceptors (Lipinski definition) is 2. The number of carbonyl (C=O) groups excluding carboxylic acids is 2. The Kier molecular flexibility index (Phi) is 4.88. The number of aromatic nitrogens is 1. The Morgan fingerprint density at radius 1 is 0.968 bits per heavy atom. The maximum absolute atomic E-state index is 14.4. The Balaban J connectivity index is 1.66. The average Bonchev–Trinajstić information content (AvgIpc) is 3.21. The second-order valence-electron chi connectivity index (χ2n) is 7.34. The minimum Gasteiger partial charge on any atom is -0.342 e. The van der Waals surface area contributed by atoms with E-state index in [9.17, 15) is 14.0 Å². The van der Waals surface area contributed by atoms with Crippen molar-refractivity contribution in [2.24, 2.45) is 0 Å². The van der Waals surface area contributed by atoms with E-state index in [4.69, 9.17) is 11.6 Å². The fraction of sp³-hybridized carbons (Fsp3) is 0.0400. The predicted molar refractivity (Wildman–Crippen MR) is 123 cm³/mol. The number of hydrogen-bond donors (Lipinski definition) is 0. The van der Waals surface area contributed by atoms with E-state index in [-0.39, 0.29) is 29.5 Å². The molecule has 152 valence electrons. The van der Waals surface area contributed by atoms with Crippen LogP contribution in [0.1, 0.15) is 31.8 Å². The first kappa shape index (κ1) is 19.9. The standard InChI is InChI=1S/C25H14BrClFNO2/c26-15-8-9-23-18(11-15)14(12-29(23)13-20-21(27)6-3-7-22(20)28)10-19-24(30)16-4-1-2-5-17(16)25(19)31/h1-12H,13H2. The van der Waals surface area contributed by atoms with Crippen LogP contribution in [0.25, 0.3) is 17.0 Å². The number of halogens is 3. The lowest BCUT2D eigenvalue weighted by Crippen LogP contribution is -2.01. The van der Waals surface area contributed by atoms with Gasteiger partial charge < -0.3 is 4.57 Å². The summed E-state index contributed by atoms with van der Waals surface area (Å²) in [6, 6.07) is 17.1. The summed E-state index contributed by atoms with van der Waals surface area (Å²) in [6.07, 6.45) is 3.44. The second kappa shape index (κ2) is 7.59. The number of fused-ring (bicyclic) bond motifs is 2. The van der Waals surface area contributed by atoms with Gasteiger partial charge in [0.25, 0.3) is 0 Å². The molecule has 0 saturated heterocycles. The van der Waals surface area contributed by atoms with Crippen LogP contribution >= 0.6 is 27.5 Å².